The van der Waals surface area contributed by atoms with Gasteiger partial charge in [0.2, 0.25) is 11.8 Å². The van der Waals surface area contributed by atoms with Gasteiger partial charge in [-0.05, 0) is 19.4 Å². The molecule has 1 fully saturated rings. The fourth-order valence-electron chi connectivity index (χ4n) is 1.76. The number of thiol groups is 1. The summed E-state index contributed by atoms with van der Waals surface area (Å²) in [7, 11) is 0. The molecule has 1 rings (SSSR count). The van der Waals surface area contributed by atoms with E-state index in [0.717, 1.165) is 6.42 Å². The molecule has 8 heteroatoms. The summed E-state index contributed by atoms with van der Waals surface area (Å²) >= 11 is 3.87. The number of rotatable bonds is 5. The number of carboxylic acids is 1. The van der Waals surface area contributed by atoms with Crippen LogP contribution in [0.2, 0.25) is 0 Å². The molecule has 1 aliphatic rings. The van der Waals surface area contributed by atoms with Crippen molar-refractivity contribution in [3.63, 3.8) is 0 Å². The van der Waals surface area contributed by atoms with E-state index in [9.17, 15) is 14.4 Å². The Kier molecular flexibility index (Phi) is 5.57. The molecule has 2 unspecified atom stereocenters. The molecule has 0 aromatic carbocycles. The van der Waals surface area contributed by atoms with Crippen LogP contribution in [0.4, 0.5) is 0 Å². The maximum absolute atomic E-state index is 12.0. The Balaban J connectivity index is 2.79. The van der Waals surface area contributed by atoms with E-state index >= 15 is 0 Å². The average molecular weight is 275 g/mol. The second-order valence-corrected chi connectivity index (χ2v) is 4.46. The van der Waals surface area contributed by atoms with Crippen LogP contribution in [0.1, 0.15) is 12.8 Å². The lowest BCUT2D eigenvalue weighted by Gasteiger charge is -2.24. The Morgan fingerprint density at radius 3 is 2.61 bits per heavy atom. The fourth-order valence-corrected chi connectivity index (χ4v) is 1.92. The number of nitrogens with zero attached hydrogens (tertiary/aromatic N) is 1. The van der Waals surface area contributed by atoms with Gasteiger partial charge in [0.25, 0.3) is 0 Å². The quantitative estimate of drug-likeness (QED) is 0.451. The van der Waals surface area contributed by atoms with Crippen LogP contribution in [0.25, 0.3) is 0 Å². The molecule has 2 atom stereocenters. The first kappa shape index (κ1) is 14.9. The minimum Gasteiger partial charge on any atom is -0.480 e. The molecular formula is C10H17N3O4S. The molecule has 102 valence electrons. The molecule has 0 spiro atoms. The smallest absolute Gasteiger partial charge is 0.323 e. The number of carboxylic acid groups (broad SMARTS) is 1. The molecule has 0 aliphatic carbocycles. The Hall–Kier alpha value is -1.12. The summed E-state index contributed by atoms with van der Waals surface area (Å²) in [6.07, 6.45) is 1.42. The number of amides is 2. The van der Waals surface area contributed by atoms with Crippen LogP contribution in [-0.4, -0.2) is 58.7 Å². The number of imide groups is 1. The molecule has 0 aromatic heterocycles. The Bertz CT molecular complexity index is 344. The highest BCUT2D eigenvalue weighted by atomic mass is 32.1. The van der Waals surface area contributed by atoms with Crippen molar-refractivity contribution < 1.29 is 19.5 Å². The van der Waals surface area contributed by atoms with Gasteiger partial charge in [0.1, 0.15) is 6.54 Å². The molecule has 7 nitrogen and oxygen atoms in total. The van der Waals surface area contributed by atoms with Crippen LogP contribution in [0.15, 0.2) is 0 Å². The van der Waals surface area contributed by atoms with Gasteiger partial charge < -0.3 is 16.2 Å². The standard InChI is InChI=1S/C10H17N3O4S/c11-6(5-18)9(16)13(4-8(14)15)10(17)7-2-1-3-12-7/h6-7,12,18H,1-5,11H2,(H,14,15). The summed E-state index contributed by atoms with van der Waals surface area (Å²) in [5, 5.41) is 11.7. The molecular weight excluding hydrogens is 258 g/mol. The van der Waals surface area contributed by atoms with Crippen molar-refractivity contribution >= 4 is 30.4 Å². The van der Waals surface area contributed by atoms with E-state index in [-0.39, 0.29) is 5.75 Å². The summed E-state index contributed by atoms with van der Waals surface area (Å²) < 4.78 is 0. The van der Waals surface area contributed by atoms with Crippen molar-refractivity contribution in [1.82, 2.24) is 10.2 Å². The van der Waals surface area contributed by atoms with Gasteiger partial charge >= 0.3 is 5.97 Å². The van der Waals surface area contributed by atoms with Crippen molar-refractivity contribution in [3.05, 3.63) is 0 Å². The van der Waals surface area contributed by atoms with Crippen LogP contribution in [0.5, 0.6) is 0 Å². The molecule has 2 amide bonds. The molecule has 1 saturated heterocycles. The minimum absolute atomic E-state index is 0.0559. The summed E-state index contributed by atoms with van der Waals surface area (Å²) in [6, 6.07) is -1.47. The number of carbonyl (C=O) groups excluding carboxylic acids is 2. The first-order valence-electron chi connectivity index (χ1n) is 5.64. The Labute approximate surface area is 110 Å². The highest BCUT2D eigenvalue weighted by Gasteiger charge is 2.33. The highest BCUT2D eigenvalue weighted by molar-refractivity contribution is 7.80. The molecule has 0 aromatic rings. The van der Waals surface area contributed by atoms with E-state index in [4.69, 9.17) is 10.8 Å². The average Bonchev–Trinajstić information content (AvgIpc) is 2.86. The number of hydrogen-bond acceptors (Lipinski definition) is 6. The largest absolute Gasteiger partial charge is 0.480 e. The third kappa shape index (κ3) is 3.69. The van der Waals surface area contributed by atoms with E-state index in [2.05, 4.69) is 17.9 Å². The Morgan fingerprint density at radius 1 is 1.50 bits per heavy atom. The fraction of sp³-hybridized carbons (Fsp3) is 0.700. The lowest BCUT2D eigenvalue weighted by Crippen LogP contribution is -2.54. The molecule has 0 saturated carbocycles. The number of aliphatic carboxylic acids is 1. The summed E-state index contributed by atoms with van der Waals surface area (Å²) in [6.45, 7) is 0.0153. The number of carbonyl (C=O) groups is 3. The van der Waals surface area contributed by atoms with Crippen LogP contribution >= 0.6 is 12.6 Å². The van der Waals surface area contributed by atoms with Crippen LogP contribution < -0.4 is 11.1 Å². The third-order valence-corrected chi connectivity index (χ3v) is 3.09. The molecule has 1 aliphatic heterocycles. The monoisotopic (exact) mass is 275 g/mol. The van der Waals surface area contributed by atoms with Crippen LogP contribution in [0, 0.1) is 0 Å². The van der Waals surface area contributed by atoms with Crippen molar-refractivity contribution in [2.45, 2.75) is 24.9 Å². The van der Waals surface area contributed by atoms with Crippen molar-refractivity contribution in [1.29, 1.82) is 0 Å². The van der Waals surface area contributed by atoms with E-state index in [1.54, 1.807) is 0 Å². The topological polar surface area (TPSA) is 113 Å². The van der Waals surface area contributed by atoms with Gasteiger partial charge in [0.05, 0.1) is 12.1 Å². The summed E-state index contributed by atoms with van der Waals surface area (Å²) in [5.41, 5.74) is 5.50. The van der Waals surface area contributed by atoms with Gasteiger partial charge in [0.15, 0.2) is 0 Å². The lowest BCUT2D eigenvalue weighted by atomic mass is 10.2. The van der Waals surface area contributed by atoms with Gasteiger partial charge in [0, 0.05) is 5.75 Å². The Morgan fingerprint density at radius 2 is 2.17 bits per heavy atom. The van der Waals surface area contributed by atoms with E-state index in [1.807, 2.05) is 0 Å². The first-order chi connectivity index (χ1) is 8.47. The van der Waals surface area contributed by atoms with Crippen LogP contribution in [0.3, 0.4) is 0 Å². The van der Waals surface area contributed by atoms with Gasteiger partial charge in [-0.2, -0.15) is 12.6 Å². The van der Waals surface area contributed by atoms with Crippen molar-refractivity contribution in [2.75, 3.05) is 18.8 Å². The van der Waals surface area contributed by atoms with Gasteiger partial charge in [-0.15, -0.1) is 0 Å². The summed E-state index contributed by atoms with van der Waals surface area (Å²) in [5.74, 6) is -2.43. The van der Waals surface area contributed by atoms with E-state index < -0.39 is 36.4 Å². The third-order valence-electron chi connectivity index (χ3n) is 2.70. The lowest BCUT2D eigenvalue weighted by molar-refractivity contribution is -0.153. The number of nitrogens with two attached hydrogens (primary N) is 1. The SMILES string of the molecule is NC(CS)C(=O)N(CC(=O)O)C(=O)C1CCCN1. The predicted molar refractivity (Wildman–Crippen MR) is 67.2 cm³/mol. The maximum Gasteiger partial charge on any atom is 0.323 e. The van der Waals surface area contributed by atoms with Gasteiger partial charge in [-0.3, -0.25) is 19.3 Å². The zero-order valence-electron chi connectivity index (χ0n) is 9.83. The normalized spacial score (nSPS) is 20.4. The second-order valence-electron chi connectivity index (χ2n) is 4.09. The predicted octanol–water partition coefficient (Wildman–Crippen LogP) is -1.56. The molecule has 0 radical (unpaired) electrons. The molecule has 0 bridgehead atoms. The summed E-state index contributed by atoms with van der Waals surface area (Å²) in [4.78, 5) is 35.3. The van der Waals surface area contributed by atoms with Gasteiger partial charge in [-0.1, -0.05) is 0 Å². The zero-order valence-corrected chi connectivity index (χ0v) is 10.7. The molecule has 18 heavy (non-hydrogen) atoms. The second kappa shape index (κ2) is 6.72. The van der Waals surface area contributed by atoms with Crippen molar-refractivity contribution in [3.8, 4) is 0 Å². The molecule has 4 N–H and O–H groups in total. The zero-order chi connectivity index (χ0) is 13.7. The van der Waals surface area contributed by atoms with E-state index in [0.29, 0.717) is 17.9 Å². The van der Waals surface area contributed by atoms with Gasteiger partial charge in [-0.25, -0.2) is 0 Å². The minimum atomic E-state index is -1.25. The first-order valence-corrected chi connectivity index (χ1v) is 6.27. The molecule has 1 heterocycles. The number of hydrogen-bond donors (Lipinski definition) is 4. The van der Waals surface area contributed by atoms with Crippen LogP contribution in [-0.2, 0) is 14.4 Å². The maximum atomic E-state index is 12.0. The highest BCUT2D eigenvalue weighted by Crippen LogP contribution is 2.10. The number of nitrogens with one attached hydrogen (secondary N) is 1. The van der Waals surface area contributed by atoms with Crippen molar-refractivity contribution in [2.24, 2.45) is 5.73 Å². The van der Waals surface area contributed by atoms with E-state index in [1.165, 1.54) is 0 Å².